The van der Waals surface area contributed by atoms with Gasteiger partial charge in [0.1, 0.15) is 0 Å². The summed E-state index contributed by atoms with van der Waals surface area (Å²) in [5.74, 6) is -0.219. The SMILES string of the molecule is O=C(CC[C@@H]1Cc2ccccc2NC1=O)NCc1ccccc1COCc1ccccc1. The minimum absolute atomic E-state index is 0.00240. The molecule has 0 fully saturated rings. The maximum atomic E-state index is 12.4. The largest absolute Gasteiger partial charge is 0.372 e. The van der Waals surface area contributed by atoms with Crippen LogP contribution in [0.4, 0.5) is 5.69 Å². The van der Waals surface area contributed by atoms with Crippen LogP contribution in [0.1, 0.15) is 35.1 Å². The standard InChI is InChI=1S/C27H28N2O3/c30-26(15-14-22-16-21-10-6-7-13-25(21)29-27(22)31)28-17-23-11-4-5-12-24(23)19-32-18-20-8-2-1-3-9-20/h1-13,22H,14-19H2,(H,28,30)(H,29,31)/t22-/m1/s1. The van der Waals surface area contributed by atoms with Gasteiger partial charge in [-0.15, -0.1) is 0 Å². The number of fused-ring (bicyclic) bond motifs is 1. The van der Waals surface area contributed by atoms with E-state index in [0.29, 0.717) is 39.0 Å². The molecule has 1 aliphatic rings. The van der Waals surface area contributed by atoms with E-state index >= 15 is 0 Å². The smallest absolute Gasteiger partial charge is 0.227 e. The van der Waals surface area contributed by atoms with Crippen LogP contribution in [0.3, 0.4) is 0 Å². The third-order valence-corrected chi connectivity index (χ3v) is 5.80. The lowest BCUT2D eigenvalue weighted by molar-refractivity contribution is -0.122. The molecule has 0 aromatic heterocycles. The van der Waals surface area contributed by atoms with Crippen molar-refractivity contribution in [2.45, 2.75) is 39.0 Å². The van der Waals surface area contributed by atoms with Crippen molar-refractivity contribution in [3.63, 3.8) is 0 Å². The normalized spacial score (nSPS) is 15.0. The predicted octanol–water partition coefficient (Wildman–Crippen LogP) is 4.61. The number of para-hydroxylation sites is 1. The van der Waals surface area contributed by atoms with Crippen LogP contribution in [0, 0.1) is 5.92 Å². The summed E-state index contributed by atoms with van der Waals surface area (Å²) in [6.07, 6.45) is 1.54. The van der Waals surface area contributed by atoms with E-state index in [-0.39, 0.29) is 17.7 Å². The van der Waals surface area contributed by atoms with Gasteiger partial charge in [0, 0.05) is 24.6 Å². The van der Waals surface area contributed by atoms with Crippen LogP contribution in [-0.4, -0.2) is 11.8 Å². The second-order valence-electron chi connectivity index (χ2n) is 8.11. The number of nitrogens with one attached hydrogen (secondary N) is 2. The van der Waals surface area contributed by atoms with Crippen LogP contribution < -0.4 is 10.6 Å². The number of anilines is 1. The van der Waals surface area contributed by atoms with E-state index in [1.54, 1.807) is 0 Å². The second-order valence-corrected chi connectivity index (χ2v) is 8.11. The summed E-state index contributed by atoms with van der Waals surface area (Å²) in [7, 11) is 0. The summed E-state index contributed by atoms with van der Waals surface area (Å²) in [6, 6.07) is 25.9. The summed E-state index contributed by atoms with van der Waals surface area (Å²) < 4.78 is 5.86. The Kier molecular flexibility index (Phi) is 7.31. The molecule has 0 spiro atoms. The highest BCUT2D eigenvalue weighted by atomic mass is 16.5. The first-order chi connectivity index (χ1) is 15.7. The Hall–Kier alpha value is -3.44. The average molecular weight is 429 g/mol. The van der Waals surface area contributed by atoms with E-state index in [2.05, 4.69) is 10.6 Å². The molecule has 0 bridgehead atoms. The van der Waals surface area contributed by atoms with Crippen LogP contribution >= 0.6 is 0 Å². The maximum absolute atomic E-state index is 12.4. The fraction of sp³-hybridized carbons (Fsp3) is 0.259. The van der Waals surface area contributed by atoms with E-state index in [1.807, 2.05) is 78.9 Å². The zero-order valence-corrected chi connectivity index (χ0v) is 18.1. The summed E-state index contributed by atoms with van der Waals surface area (Å²) in [4.78, 5) is 24.8. The topological polar surface area (TPSA) is 67.4 Å². The number of carbonyl (C=O) groups is 2. The van der Waals surface area contributed by atoms with Gasteiger partial charge in [-0.25, -0.2) is 0 Å². The summed E-state index contributed by atoms with van der Waals surface area (Å²) in [5.41, 5.74) is 5.24. The minimum Gasteiger partial charge on any atom is -0.372 e. The number of hydrogen-bond acceptors (Lipinski definition) is 3. The van der Waals surface area contributed by atoms with Crippen molar-refractivity contribution in [2.75, 3.05) is 5.32 Å². The van der Waals surface area contributed by atoms with Crippen molar-refractivity contribution in [3.8, 4) is 0 Å². The van der Waals surface area contributed by atoms with Crippen molar-refractivity contribution >= 4 is 17.5 Å². The van der Waals surface area contributed by atoms with Gasteiger partial charge in [0.05, 0.1) is 13.2 Å². The molecule has 1 heterocycles. The highest BCUT2D eigenvalue weighted by Gasteiger charge is 2.26. The number of ether oxygens (including phenoxy) is 1. The third kappa shape index (κ3) is 5.83. The predicted molar refractivity (Wildman–Crippen MR) is 125 cm³/mol. The first-order valence-electron chi connectivity index (χ1n) is 11.0. The molecule has 1 atom stereocenters. The first kappa shape index (κ1) is 21.8. The summed E-state index contributed by atoms with van der Waals surface area (Å²) >= 11 is 0. The Balaban J connectivity index is 1.24. The van der Waals surface area contributed by atoms with E-state index in [4.69, 9.17) is 4.74 Å². The van der Waals surface area contributed by atoms with Gasteiger partial charge in [-0.05, 0) is 41.2 Å². The Bertz CT molecular complexity index is 1070. The molecular formula is C27H28N2O3. The van der Waals surface area contributed by atoms with E-state index in [0.717, 1.165) is 27.9 Å². The Morgan fingerprint density at radius 2 is 1.62 bits per heavy atom. The molecule has 0 saturated heterocycles. The molecule has 3 aromatic carbocycles. The van der Waals surface area contributed by atoms with E-state index in [1.165, 1.54) is 0 Å². The van der Waals surface area contributed by atoms with Gasteiger partial charge in [-0.1, -0.05) is 72.8 Å². The molecule has 0 unspecified atom stereocenters. The molecule has 0 radical (unpaired) electrons. The third-order valence-electron chi connectivity index (χ3n) is 5.80. The molecule has 3 aromatic rings. The van der Waals surface area contributed by atoms with Gasteiger partial charge in [-0.2, -0.15) is 0 Å². The van der Waals surface area contributed by atoms with Crippen LogP contribution in [0.5, 0.6) is 0 Å². The zero-order chi connectivity index (χ0) is 22.2. The summed E-state index contributed by atoms with van der Waals surface area (Å²) in [5, 5.41) is 5.94. The van der Waals surface area contributed by atoms with Crippen molar-refractivity contribution in [3.05, 3.63) is 101 Å². The van der Waals surface area contributed by atoms with Crippen molar-refractivity contribution in [1.82, 2.24) is 5.32 Å². The number of carbonyl (C=O) groups excluding carboxylic acids is 2. The van der Waals surface area contributed by atoms with Gasteiger partial charge >= 0.3 is 0 Å². The van der Waals surface area contributed by atoms with Crippen LogP contribution in [-0.2, 0) is 40.5 Å². The Morgan fingerprint density at radius 3 is 2.47 bits per heavy atom. The monoisotopic (exact) mass is 428 g/mol. The number of benzene rings is 3. The molecule has 2 amide bonds. The van der Waals surface area contributed by atoms with Crippen molar-refractivity contribution < 1.29 is 14.3 Å². The average Bonchev–Trinajstić information content (AvgIpc) is 2.83. The molecule has 4 rings (SSSR count). The van der Waals surface area contributed by atoms with Gasteiger partial charge in [0.2, 0.25) is 11.8 Å². The fourth-order valence-electron chi connectivity index (χ4n) is 3.96. The molecule has 32 heavy (non-hydrogen) atoms. The van der Waals surface area contributed by atoms with Crippen LogP contribution in [0.2, 0.25) is 0 Å². The van der Waals surface area contributed by atoms with Crippen molar-refractivity contribution in [1.29, 1.82) is 0 Å². The highest BCUT2D eigenvalue weighted by molar-refractivity contribution is 5.96. The lowest BCUT2D eigenvalue weighted by Crippen LogP contribution is -2.31. The number of amides is 2. The van der Waals surface area contributed by atoms with Gasteiger partial charge in [0.25, 0.3) is 0 Å². The highest BCUT2D eigenvalue weighted by Crippen LogP contribution is 2.27. The molecular weight excluding hydrogens is 400 g/mol. The molecule has 5 heteroatoms. The molecule has 1 aliphatic heterocycles. The second kappa shape index (κ2) is 10.7. The zero-order valence-electron chi connectivity index (χ0n) is 18.1. The van der Waals surface area contributed by atoms with Crippen LogP contribution in [0.25, 0.3) is 0 Å². The van der Waals surface area contributed by atoms with E-state index in [9.17, 15) is 9.59 Å². The van der Waals surface area contributed by atoms with Crippen molar-refractivity contribution in [2.24, 2.45) is 5.92 Å². The fourth-order valence-corrected chi connectivity index (χ4v) is 3.96. The van der Waals surface area contributed by atoms with Gasteiger partial charge < -0.3 is 15.4 Å². The Morgan fingerprint density at radius 1 is 0.906 bits per heavy atom. The molecule has 164 valence electrons. The molecule has 0 saturated carbocycles. The first-order valence-corrected chi connectivity index (χ1v) is 11.0. The maximum Gasteiger partial charge on any atom is 0.227 e. The molecule has 2 N–H and O–H groups in total. The summed E-state index contributed by atoms with van der Waals surface area (Å²) in [6.45, 7) is 1.49. The van der Waals surface area contributed by atoms with Crippen LogP contribution in [0.15, 0.2) is 78.9 Å². The lowest BCUT2D eigenvalue weighted by Gasteiger charge is -2.24. The van der Waals surface area contributed by atoms with Gasteiger partial charge in [-0.3, -0.25) is 9.59 Å². The lowest BCUT2D eigenvalue weighted by atomic mass is 9.89. The molecule has 0 aliphatic carbocycles. The molecule has 5 nitrogen and oxygen atoms in total. The minimum atomic E-state index is -0.172. The number of hydrogen-bond donors (Lipinski definition) is 2. The van der Waals surface area contributed by atoms with E-state index < -0.39 is 0 Å². The van der Waals surface area contributed by atoms with Gasteiger partial charge in [0.15, 0.2) is 0 Å². The quantitative estimate of drug-likeness (QED) is 0.523. The Labute approximate surface area is 188 Å². The number of rotatable bonds is 9.